The number of carbonyl (C=O) groups excluding carboxylic acids is 2. The van der Waals surface area contributed by atoms with Crippen LogP contribution < -0.4 is 16.4 Å². The van der Waals surface area contributed by atoms with Crippen LogP contribution in [-0.4, -0.2) is 50.8 Å². The van der Waals surface area contributed by atoms with E-state index in [0.29, 0.717) is 35.8 Å². The first-order valence-corrected chi connectivity index (χ1v) is 17.9. The lowest BCUT2D eigenvalue weighted by molar-refractivity contribution is -0.137. The number of anilines is 2. The molecule has 280 valence electrons. The number of carbonyl (C=O) groups is 2. The third-order valence-corrected chi connectivity index (χ3v) is 10.3. The van der Waals surface area contributed by atoms with Gasteiger partial charge in [-0.3, -0.25) is 9.59 Å². The lowest BCUT2D eigenvalue weighted by atomic mass is 9.75. The second-order valence-electron chi connectivity index (χ2n) is 14.6. The molecule has 15 heteroatoms. The van der Waals surface area contributed by atoms with Crippen molar-refractivity contribution in [2.75, 3.05) is 10.6 Å². The molecule has 2 saturated carbocycles. The highest BCUT2D eigenvalue weighted by Gasteiger charge is 2.44. The number of fused-ring (bicyclic) bond motifs is 1. The van der Waals surface area contributed by atoms with Crippen molar-refractivity contribution in [2.24, 2.45) is 11.1 Å². The van der Waals surface area contributed by atoms with Gasteiger partial charge in [0.1, 0.15) is 23.3 Å². The van der Waals surface area contributed by atoms with Gasteiger partial charge in [0, 0.05) is 34.9 Å². The Hall–Kier alpha value is -4.00. The predicted octanol–water partition coefficient (Wildman–Crippen LogP) is 7.78. The predicted molar refractivity (Wildman–Crippen MR) is 188 cm³/mol. The molecule has 6 N–H and O–H groups in total. The Labute approximate surface area is 306 Å². The number of aliphatic hydroxyl groups excluding tert-OH is 2. The first-order chi connectivity index (χ1) is 24.4. The number of hydrogen-bond donors (Lipinski definition) is 5. The molecule has 0 atom stereocenters. The Morgan fingerprint density at radius 2 is 1.48 bits per heavy atom. The van der Waals surface area contributed by atoms with E-state index in [1.165, 1.54) is 16.7 Å². The summed E-state index contributed by atoms with van der Waals surface area (Å²) in [4.78, 5) is 24.7. The Balaban J connectivity index is 0.000000244. The third-order valence-electron chi connectivity index (χ3n) is 9.86. The number of rotatable bonds is 6. The summed E-state index contributed by atoms with van der Waals surface area (Å²) in [5.74, 6) is -3.11. The van der Waals surface area contributed by atoms with Crippen LogP contribution in [0.15, 0.2) is 34.9 Å². The number of aliphatic hydroxyl groups is 2. The molecule has 1 heterocycles. The number of alkyl halides is 3. The molecule has 9 nitrogen and oxygen atoms in total. The molecule has 2 aromatic carbocycles. The number of aromatic nitrogens is 1. The first kappa shape index (κ1) is 39.2. The standard InChI is InChI=1S/C24H27F4N3O3.C13H14BrFN2O/c1-23(2)9-18-20(19(33)10-23)15(24(26,27)28)11-31(18)13-7-16(25)21(22(29)34)17(8-13)30-12-3-5-14(32)6-4-12;14-8-5-12(15)11(7-16)13(6-8)17-9-1-3-10(18)4-2-9/h7-8,11-12,14,30,32H,3-6,9-10H2,1-2H3,(H2,29,34);5-6,9-10,17-18H,1-4H2. The van der Waals surface area contributed by atoms with Crippen LogP contribution >= 0.6 is 15.9 Å². The van der Waals surface area contributed by atoms with Crippen LogP contribution in [0, 0.1) is 28.4 Å². The van der Waals surface area contributed by atoms with Crippen molar-refractivity contribution >= 4 is 39.0 Å². The van der Waals surface area contributed by atoms with E-state index in [9.17, 15) is 37.4 Å². The zero-order valence-corrected chi connectivity index (χ0v) is 30.3. The van der Waals surface area contributed by atoms with Crippen molar-refractivity contribution < 1.29 is 41.8 Å². The Morgan fingerprint density at radius 3 is 2.00 bits per heavy atom. The summed E-state index contributed by atoms with van der Waals surface area (Å²) in [5.41, 5.74) is 3.85. The van der Waals surface area contributed by atoms with Crippen LogP contribution in [-0.2, 0) is 12.6 Å². The average Bonchev–Trinajstić information content (AvgIpc) is 3.43. The van der Waals surface area contributed by atoms with Gasteiger partial charge in [-0.05, 0) is 87.5 Å². The van der Waals surface area contributed by atoms with E-state index in [0.717, 1.165) is 37.9 Å². The molecule has 0 bridgehead atoms. The van der Waals surface area contributed by atoms with Crippen molar-refractivity contribution in [1.29, 1.82) is 5.26 Å². The molecule has 0 aliphatic heterocycles. The van der Waals surface area contributed by atoms with E-state index in [2.05, 4.69) is 26.6 Å². The zero-order valence-electron chi connectivity index (χ0n) is 28.7. The summed E-state index contributed by atoms with van der Waals surface area (Å²) in [6.45, 7) is 3.58. The van der Waals surface area contributed by atoms with Gasteiger partial charge in [0.05, 0.1) is 46.0 Å². The highest BCUT2D eigenvalue weighted by atomic mass is 79.9. The molecule has 3 aromatic rings. The molecule has 0 radical (unpaired) electrons. The SMILES string of the molecule is CC1(C)CC(=O)c2c(C(F)(F)F)cn(-c3cc(F)c(C(N)=O)c(NC4CCC(O)CC4)c3)c2C1.N#Cc1c(F)cc(Br)cc1NC1CCC(O)CC1. The number of halogens is 6. The van der Waals surface area contributed by atoms with Crippen molar-refractivity contribution in [2.45, 2.75) is 109 Å². The third kappa shape index (κ3) is 8.95. The minimum absolute atomic E-state index is 0.0254. The van der Waals surface area contributed by atoms with Gasteiger partial charge in [0.25, 0.3) is 5.91 Å². The number of primary amides is 1. The number of ketones is 1. The minimum atomic E-state index is -4.76. The Morgan fingerprint density at radius 1 is 0.923 bits per heavy atom. The smallest absolute Gasteiger partial charge is 0.393 e. The van der Waals surface area contributed by atoms with Crippen LogP contribution in [0.1, 0.15) is 109 Å². The fourth-order valence-electron chi connectivity index (χ4n) is 7.29. The van der Waals surface area contributed by atoms with E-state index < -0.39 is 46.6 Å². The molecule has 0 spiro atoms. The molecule has 3 aliphatic rings. The Kier molecular flexibility index (Phi) is 11.7. The maximum atomic E-state index is 15.1. The maximum Gasteiger partial charge on any atom is 0.418 e. The number of nitrogens with one attached hydrogen (secondary N) is 2. The minimum Gasteiger partial charge on any atom is -0.393 e. The number of nitrogens with zero attached hydrogens (tertiary/aromatic N) is 2. The Bertz CT molecular complexity index is 1870. The van der Waals surface area contributed by atoms with E-state index in [1.54, 1.807) is 19.9 Å². The molecular formula is C37H41BrF5N5O4. The van der Waals surface area contributed by atoms with Gasteiger partial charge in [-0.2, -0.15) is 18.4 Å². The number of benzene rings is 2. The van der Waals surface area contributed by atoms with Crippen LogP contribution in [0.3, 0.4) is 0 Å². The number of hydrogen-bond acceptors (Lipinski definition) is 7. The zero-order chi connectivity index (χ0) is 38.1. The number of Topliss-reactive ketones (excluding diaryl/α,β-unsaturated/α-hetero) is 1. The monoisotopic (exact) mass is 793 g/mol. The van der Waals surface area contributed by atoms with Gasteiger partial charge >= 0.3 is 6.18 Å². The van der Waals surface area contributed by atoms with Crippen LogP contribution in [0.5, 0.6) is 0 Å². The van der Waals surface area contributed by atoms with E-state index in [-0.39, 0.29) is 64.8 Å². The molecular weight excluding hydrogens is 753 g/mol. The quantitative estimate of drug-likeness (QED) is 0.160. The summed E-state index contributed by atoms with van der Waals surface area (Å²) in [5, 5.41) is 34.4. The van der Waals surface area contributed by atoms with E-state index >= 15 is 4.39 Å². The molecule has 1 aromatic heterocycles. The largest absolute Gasteiger partial charge is 0.418 e. The van der Waals surface area contributed by atoms with Crippen molar-refractivity contribution in [3.8, 4) is 11.8 Å². The second-order valence-corrected chi connectivity index (χ2v) is 15.5. The average molecular weight is 795 g/mol. The van der Waals surface area contributed by atoms with Gasteiger partial charge in [-0.1, -0.05) is 29.8 Å². The van der Waals surface area contributed by atoms with E-state index in [1.807, 2.05) is 6.07 Å². The normalized spacial score (nSPS) is 22.8. The molecule has 2 fully saturated rings. The molecule has 3 aliphatic carbocycles. The summed E-state index contributed by atoms with van der Waals surface area (Å²) in [6, 6.07) is 7.26. The molecule has 1 amide bonds. The van der Waals surface area contributed by atoms with Crippen LogP contribution in [0.25, 0.3) is 5.69 Å². The summed E-state index contributed by atoms with van der Waals surface area (Å²) < 4.78 is 71.9. The first-order valence-electron chi connectivity index (χ1n) is 17.1. The summed E-state index contributed by atoms with van der Waals surface area (Å²) in [6.07, 6.45) is 0.942. The molecule has 52 heavy (non-hydrogen) atoms. The van der Waals surface area contributed by atoms with Gasteiger partial charge < -0.3 is 31.1 Å². The van der Waals surface area contributed by atoms with Crippen molar-refractivity contribution in [3.05, 3.63) is 74.5 Å². The van der Waals surface area contributed by atoms with Gasteiger partial charge in [0.2, 0.25) is 0 Å². The number of nitriles is 1. The second kappa shape index (κ2) is 15.5. The van der Waals surface area contributed by atoms with Gasteiger partial charge in [-0.25, -0.2) is 8.78 Å². The topological polar surface area (TPSA) is 153 Å². The fraction of sp³-hybridized carbons (Fsp3) is 0.486. The highest BCUT2D eigenvalue weighted by molar-refractivity contribution is 9.10. The number of amides is 1. The fourth-order valence-corrected chi connectivity index (χ4v) is 7.72. The van der Waals surface area contributed by atoms with Gasteiger partial charge in [0.15, 0.2) is 5.78 Å². The summed E-state index contributed by atoms with van der Waals surface area (Å²) in [7, 11) is 0. The van der Waals surface area contributed by atoms with Crippen molar-refractivity contribution in [1.82, 2.24) is 4.57 Å². The van der Waals surface area contributed by atoms with Crippen LogP contribution in [0.2, 0.25) is 0 Å². The van der Waals surface area contributed by atoms with Gasteiger partial charge in [-0.15, -0.1) is 0 Å². The molecule has 6 rings (SSSR count). The molecule has 0 saturated heterocycles. The van der Waals surface area contributed by atoms with E-state index in [4.69, 9.17) is 11.0 Å². The number of nitrogens with two attached hydrogens (primary N) is 1. The maximum absolute atomic E-state index is 15.1. The van der Waals surface area contributed by atoms with Crippen LogP contribution in [0.4, 0.5) is 33.3 Å². The molecule has 0 unspecified atom stereocenters. The lowest BCUT2D eigenvalue weighted by Gasteiger charge is -2.30. The van der Waals surface area contributed by atoms with Crippen molar-refractivity contribution in [3.63, 3.8) is 0 Å². The highest BCUT2D eigenvalue weighted by Crippen LogP contribution is 2.44. The lowest BCUT2D eigenvalue weighted by Crippen LogP contribution is -2.30. The summed E-state index contributed by atoms with van der Waals surface area (Å²) >= 11 is 3.22.